The van der Waals surface area contributed by atoms with Crippen LogP contribution in [0.1, 0.15) is 38.8 Å². The van der Waals surface area contributed by atoms with Crippen LogP contribution in [-0.4, -0.2) is 18.8 Å². The molecule has 0 unspecified atom stereocenters. The Labute approximate surface area is 119 Å². The maximum Gasteiger partial charge on any atom is 0.408 e. The first-order chi connectivity index (χ1) is 9.35. The highest BCUT2D eigenvalue weighted by molar-refractivity contribution is 5.68. The Hall–Kier alpha value is -2.22. The fourth-order valence-electron chi connectivity index (χ4n) is 1.63. The summed E-state index contributed by atoms with van der Waals surface area (Å²) in [5.74, 6) is 0.724. The molecule has 1 rings (SSSR count). The molecule has 0 aromatic heterocycles. The van der Waals surface area contributed by atoms with Crippen molar-refractivity contribution in [2.45, 2.75) is 38.8 Å². The third-order valence-electron chi connectivity index (χ3n) is 2.50. The molecule has 0 radical (unpaired) electrons. The molecule has 1 aromatic rings. The van der Waals surface area contributed by atoms with Crippen LogP contribution in [-0.2, 0) is 4.74 Å². The van der Waals surface area contributed by atoms with E-state index in [-0.39, 0.29) is 6.42 Å². The summed E-state index contributed by atoms with van der Waals surface area (Å²) in [6, 6.07) is 8.87. The summed E-state index contributed by atoms with van der Waals surface area (Å²) in [6.45, 7) is 5.37. The van der Waals surface area contributed by atoms with Crippen molar-refractivity contribution in [2.75, 3.05) is 7.11 Å². The highest BCUT2D eigenvalue weighted by atomic mass is 16.6. The number of nitrogens with one attached hydrogen (secondary N) is 1. The lowest BCUT2D eigenvalue weighted by Crippen LogP contribution is -2.34. The lowest BCUT2D eigenvalue weighted by Gasteiger charge is -2.23. The number of carbonyl (C=O) groups excluding carboxylic acids is 1. The van der Waals surface area contributed by atoms with Crippen molar-refractivity contribution in [2.24, 2.45) is 0 Å². The van der Waals surface area contributed by atoms with E-state index in [9.17, 15) is 4.79 Å². The molecule has 0 fully saturated rings. The lowest BCUT2D eigenvalue weighted by atomic mass is 10.0. The molecule has 1 atom stereocenters. The maximum atomic E-state index is 11.8. The van der Waals surface area contributed by atoms with E-state index >= 15 is 0 Å². The van der Waals surface area contributed by atoms with Gasteiger partial charge in [0, 0.05) is 0 Å². The quantitative estimate of drug-likeness (QED) is 0.916. The Morgan fingerprint density at radius 1 is 1.35 bits per heavy atom. The number of hydrogen-bond donors (Lipinski definition) is 1. The summed E-state index contributed by atoms with van der Waals surface area (Å²) >= 11 is 0. The van der Waals surface area contributed by atoms with Gasteiger partial charge in [0.1, 0.15) is 11.4 Å². The third-order valence-corrected chi connectivity index (χ3v) is 2.50. The molecule has 1 N–H and O–H groups in total. The minimum Gasteiger partial charge on any atom is -0.497 e. The number of benzene rings is 1. The van der Waals surface area contributed by atoms with Gasteiger partial charge in [-0.05, 0) is 38.5 Å². The number of methoxy groups -OCH3 is 1. The minimum atomic E-state index is -0.568. The molecule has 0 aliphatic heterocycles. The Morgan fingerprint density at radius 2 is 1.95 bits per heavy atom. The zero-order chi connectivity index (χ0) is 15.2. The Morgan fingerprint density at radius 3 is 2.40 bits per heavy atom. The molecule has 1 aromatic carbocycles. The molecular weight excluding hydrogens is 256 g/mol. The van der Waals surface area contributed by atoms with Crippen LogP contribution < -0.4 is 10.1 Å². The zero-order valence-electron chi connectivity index (χ0n) is 12.3. The lowest BCUT2D eigenvalue weighted by molar-refractivity contribution is 0.0504. The molecule has 5 nitrogen and oxygen atoms in total. The molecule has 108 valence electrons. The topological polar surface area (TPSA) is 71.3 Å². The van der Waals surface area contributed by atoms with Gasteiger partial charge in [-0.3, -0.25) is 0 Å². The summed E-state index contributed by atoms with van der Waals surface area (Å²) in [7, 11) is 1.58. The van der Waals surface area contributed by atoms with E-state index in [1.807, 2.05) is 12.1 Å². The van der Waals surface area contributed by atoms with Crippen molar-refractivity contribution in [1.82, 2.24) is 5.32 Å². The minimum absolute atomic E-state index is 0.172. The van der Waals surface area contributed by atoms with Gasteiger partial charge in [-0.25, -0.2) is 4.79 Å². The smallest absolute Gasteiger partial charge is 0.408 e. The van der Waals surface area contributed by atoms with Gasteiger partial charge >= 0.3 is 6.09 Å². The van der Waals surface area contributed by atoms with Crippen molar-refractivity contribution in [3.8, 4) is 11.8 Å². The molecule has 0 aliphatic rings. The molecule has 0 spiro atoms. The number of amides is 1. The van der Waals surface area contributed by atoms with E-state index in [0.29, 0.717) is 0 Å². The summed E-state index contributed by atoms with van der Waals surface area (Å²) in [5, 5.41) is 11.6. The van der Waals surface area contributed by atoms with E-state index < -0.39 is 17.7 Å². The molecule has 1 amide bonds. The van der Waals surface area contributed by atoms with Gasteiger partial charge in [-0.2, -0.15) is 5.26 Å². The van der Waals surface area contributed by atoms with Crippen LogP contribution in [0.25, 0.3) is 0 Å². The Balaban J connectivity index is 2.78. The van der Waals surface area contributed by atoms with Gasteiger partial charge in [0.25, 0.3) is 0 Å². The fourth-order valence-corrected chi connectivity index (χ4v) is 1.63. The fraction of sp³-hybridized carbons (Fsp3) is 0.467. The highest BCUT2D eigenvalue weighted by Gasteiger charge is 2.20. The van der Waals surface area contributed by atoms with Gasteiger partial charge < -0.3 is 14.8 Å². The maximum absolute atomic E-state index is 11.8. The number of rotatable bonds is 4. The number of ether oxygens (including phenoxy) is 2. The van der Waals surface area contributed by atoms with E-state index in [2.05, 4.69) is 11.4 Å². The molecular formula is C15H20N2O3. The number of nitrogens with zero attached hydrogens (tertiary/aromatic N) is 1. The Bertz CT molecular complexity index is 483. The number of nitriles is 1. The zero-order valence-corrected chi connectivity index (χ0v) is 12.3. The van der Waals surface area contributed by atoms with Gasteiger partial charge in [0.05, 0.1) is 25.6 Å². The number of carbonyl (C=O) groups is 1. The standard InChI is InChI=1S/C15H20N2O3/c1-15(2,3)20-14(18)17-13(9-10-16)11-5-7-12(19-4)8-6-11/h5-8,13H,9H2,1-4H3,(H,17,18)/t13-/m0/s1. The summed E-state index contributed by atoms with van der Waals surface area (Å²) in [4.78, 5) is 11.8. The van der Waals surface area contributed by atoms with Crippen LogP contribution in [0.5, 0.6) is 5.75 Å². The molecule has 0 saturated carbocycles. The van der Waals surface area contributed by atoms with Crippen LogP contribution in [0.2, 0.25) is 0 Å². The van der Waals surface area contributed by atoms with Crippen LogP contribution in [0, 0.1) is 11.3 Å². The van der Waals surface area contributed by atoms with E-state index in [1.54, 1.807) is 40.0 Å². The van der Waals surface area contributed by atoms with Crippen molar-refractivity contribution >= 4 is 6.09 Å². The molecule has 0 aliphatic carbocycles. The Kier molecular flexibility index (Phi) is 5.39. The van der Waals surface area contributed by atoms with Gasteiger partial charge in [-0.15, -0.1) is 0 Å². The predicted molar refractivity (Wildman–Crippen MR) is 75.3 cm³/mol. The molecule has 0 saturated heterocycles. The first kappa shape index (κ1) is 15.8. The largest absolute Gasteiger partial charge is 0.497 e. The monoisotopic (exact) mass is 276 g/mol. The third kappa shape index (κ3) is 5.19. The van der Waals surface area contributed by atoms with Crippen molar-refractivity contribution in [3.05, 3.63) is 29.8 Å². The van der Waals surface area contributed by atoms with E-state index in [0.717, 1.165) is 11.3 Å². The van der Waals surface area contributed by atoms with Crippen LogP contribution in [0.15, 0.2) is 24.3 Å². The second-order valence-electron chi connectivity index (χ2n) is 5.33. The normalized spacial score (nSPS) is 12.2. The first-order valence-corrected chi connectivity index (χ1v) is 6.36. The van der Waals surface area contributed by atoms with Crippen molar-refractivity contribution in [1.29, 1.82) is 5.26 Å². The predicted octanol–water partition coefficient (Wildman–Crippen LogP) is 3.17. The van der Waals surface area contributed by atoms with Crippen LogP contribution >= 0.6 is 0 Å². The van der Waals surface area contributed by atoms with Crippen molar-refractivity contribution in [3.63, 3.8) is 0 Å². The summed E-state index contributed by atoms with van der Waals surface area (Å²) in [6.07, 6.45) is -0.362. The molecule has 0 bridgehead atoms. The SMILES string of the molecule is COc1ccc([C@H](CC#N)NC(=O)OC(C)(C)C)cc1. The van der Waals surface area contributed by atoms with E-state index in [4.69, 9.17) is 14.7 Å². The van der Waals surface area contributed by atoms with Crippen LogP contribution in [0.3, 0.4) is 0 Å². The van der Waals surface area contributed by atoms with Gasteiger partial charge in [0.2, 0.25) is 0 Å². The first-order valence-electron chi connectivity index (χ1n) is 6.36. The second kappa shape index (κ2) is 6.80. The van der Waals surface area contributed by atoms with Crippen molar-refractivity contribution < 1.29 is 14.3 Å². The average molecular weight is 276 g/mol. The second-order valence-corrected chi connectivity index (χ2v) is 5.33. The van der Waals surface area contributed by atoms with Gasteiger partial charge in [-0.1, -0.05) is 12.1 Å². The molecule has 0 heterocycles. The average Bonchev–Trinajstić information content (AvgIpc) is 2.36. The molecule has 20 heavy (non-hydrogen) atoms. The highest BCUT2D eigenvalue weighted by Crippen LogP contribution is 2.20. The van der Waals surface area contributed by atoms with E-state index in [1.165, 1.54) is 0 Å². The molecule has 5 heteroatoms. The number of hydrogen-bond acceptors (Lipinski definition) is 4. The van der Waals surface area contributed by atoms with Gasteiger partial charge in [0.15, 0.2) is 0 Å². The summed E-state index contributed by atoms with van der Waals surface area (Å²) < 4.78 is 10.3. The van der Waals surface area contributed by atoms with Crippen LogP contribution in [0.4, 0.5) is 4.79 Å². The summed E-state index contributed by atoms with van der Waals surface area (Å²) in [5.41, 5.74) is 0.263. The number of alkyl carbamates (subject to hydrolysis) is 1.